The van der Waals surface area contributed by atoms with E-state index in [1.165, 1.54) is 6.26 Å². The highest BCUT2D eigenvalue weighted by Crippen LogP contribution is 2.18. The fourth-order valence-corrected chi connectivity index (χ4v) is 1.45. The van der Waals surface area contributed by atoms with Gasteiger partial charge in [-0.15, -0.1) is 0 Å². The number of benzene rings is 1. The van der Waals surface area contributed by atoms with E-state index in [2.05, 4.69) is 0 Å². The third-order valence-electron chi connectivity index (χ3n) is 2.25. The molecular weight excluding hydrogens is 228 g/mol. The van der Waals surface area contributed by atoms with Crippen LogP contribution in [-0.2, 0) is 13.2 Å². The van der Waals surface area contributed by atoms with E-state index in [0.29, 0.717) is 5.76 Å². The smallest absolute Gasteiger partial charge is 0.129 e. The van der Waals surface area contributed by atoms with Crippen LogP contribution in [0.5, 0.6) is 5.75 Å². The summed E-state index contributed by atoms with van der Waals surface area (Å²) in [6, 6.07) is 4.73. The van der Waals surface area contributed by atoms with Crippen LogP contribution in [0.4, 0.5) is 8.78 Å². The van der Waals surface area contributed by atoms with Crippen LogP contribution in [0.2, 0.25) is 0 Å². The minimum absolute atomic E-state index is 0.131. The summed E-state index contributed by atoms with van der Waals surface area (Å²) in [7, 11) is 0. The van der Waals surface area contributed by atoms with Crippen molar-refractivity contribution in [3.8, 4) is 5.75 Å². The summed E-state index contributed by atoms with van der Waals surface area (Å²) in [5.74, 6) is -0.619. The zero-order valence-corrected chi connectivity index (χ0v) is 8.95. The van der Waals surface area contributed by atoms with Gasteiger partial charge in [-0.25, -0.2) is 8.78 Å². The number of hydrogen-bond donors (Lipinski definition) is 1. The van der Waals surface area contributed by atoms with E-state index in [1.54, 1.807) is 6.07 Å². The van der Waals surface area contributed by atoms with E-state index in [1.807, 2.05) is 0 Å². The Morgan fingerprint density at radius 1 is 1.18 bits per heavy atom. The topological polar surface area (TPSA) is 48.4 Å². The summed E-state index contributed by atoms with van der Waals surface area (Å²) in [4.78, 5) is 0. The van der Waals surface area contributed by atoms with Gasteiger partial charge in [0.25, 0.3) is 0 Å². The molecule has 0 saturated carbocycles. The molecule has 0 saturated heterocycles. The van der Waals surface area contributed by atoms with Crippen molar-refractivity contribution in [2.45, 2.75) is 13.2 Å². The Balaban J connectivity index is 2.07. The second-order valence-electron chi connectivity index (χ2n) is 3.47. The van der Waals surface area contributed by atoms with Crippen LogP contribution >= 0.6 is 0 Å². The van der Waals surface area contributed by atoms with Crippen molar-refractivity contribution in [3.63, 3.8) is 0 Å². The molecule has 5 heteroatoms. The SMILES string of the molecule is NCc1occc1COc1cc(F)cc(F)c1. The fraction of sp³-hybridized carbons (Fsp3) is 0.167. The van der Waals surface area contributed by atoms with Crippen molar-refractivity contribution in [3.05, 3.63) is 53.5 Å². The van der Waals surface area contributed by atoms with Crippen molar-refractivity contribution in [1.82, 2.24) is 0 Å². The van der Waals surface area contributed by atoms with Crippen LogP contribution in [0.25, 0.3) is 0 Å². The van der Waals surface area contributed by atoms with E-state index in [4.69, 9.17) is 14.9 Å². The zero-order valence-electron chi connectivity index (χ0n) is 8.95. The molecule has 2 rings (SSSR count). The fourth-order valence-electron chi connectivity index (χ4n) is 1.45. The molecular formula is C12H11F2NO2. The molecule has 1 heterocycles. The second kappa shape index (κ2) is 4.97. The van der Waals surface area contributed by atoms with E-state index in [9.17, 15) is 8.78 Å². The largest absolute Gasteiger partial charge is 0.489 e. The Morgan fingerprint density at radius 3 is 2.53 bits per heavy atom. The maximum atomic E-state index is 12.9. The highest BCUT2D eigenvalue weighted by Gasteiger charge is 2.06. The first-order valence-electron chi connectivity index (χ1n) is 5.03. The van der Waals surface area contributed by atoms with Crippen molar-refractivity contribution >= 4 is 0 Å². The summed E-state index contributed by atoms with van der Waals surface area (Å²) in [6.45, 7) is 0.412. The predicted molar refractivity (Wildman–Crippen MR) is 57.3 cm³/mol. The number of halogens is 2. The third-order valence-corrected chi connectivity index (χ3v) is 2.25. The lowest BCUT2D eigenvalue weighted by atomic mass is 10.2. The molecule has 0 amide bonds. The molecule has 0 unspecified atom stereocenters. The molecule has 90 valence electrons. The Bertz CT molecular complexity index is 491. The summed E-state index contributed by atoms with van der Waals surface area (Å²) < 4.78 is 36.1. The quantitative estimate of drug-likeness (QED) is 0.892. The molecule has 0 aliphatic rings. The maximum absolute atomic E-state index is 12.9. The first kappa shape index (κ1) is 11.6. The van der Waals surface area contributed by atoms with Crippen LogP contribution in [0.3, 0.4) is 0 Å². The number of nitrogens with two attached hydrogens (primary N) is 1. The van der Waals surface area contributed by atoms with Crippen LogP contribution in [-0.4, -0.2) is 0 Å². The second-order valence-corrected chi connectivity index (χ2v) is 3.47. The zero-order chi connectivity index (χ0) is 12.3. The number of ether oxygens (including phenoxy) is 1. The molecule has 0 aliphatic carbocycles. The molecule has 2 aromatic rings. The Kier molecular flexibility index (Phi) is 3.39. The van der Waals surface area contributed by atoms with Gasteiger partial charge < -0.3 is 14.9 Å². The molecule has 0 radical (unpaired) electrons. The standard InChI is InChI=1S/C12H11F2NO2/c13-9-3-10(14)5-11(4-9)17-7-8-1-2-16-12(8)6-15/h1-5H,6-7,15H2. The van der Waals surface area contributed by atoms with Crippen LogP contribution in [0.15, 0.2) is 34.9 Å². The highest BCUT2D eigenvalue weighted by molar-refractivity contribution is 5.25. The third kappa shape index (κ3) is 2.82. The Morgan fingerprint density at radius 2 is 1.88 bits per heavy atom. The monoisotopic (exact) mass is 239 g/mol. The van der Waals surface area contributed by atoms with Crippen molar-refractivity contribution in [2.75, 3.05) is 0 Å². The van der Waals surface area contributed by atoms with Gasteiger partial charge in [-0.05, 0) is 6.07 Å². The average Bonchev–Trinajstić information content (AvgIpc) is 2.72. The molecule has 3 nitrogen and oxygen atoms in total. The van der Waals surface area contributed by atoms with Gasteiger partial charge in [-0.2, -0.15) is 0 Å². The van der Waals surface area contributed by atoms with Crippen molar-refractivity contribution in [2.24, 2.45) is 5.73 Å². The minimum Gasteiger partial charge on any atom is -0.489 e. The lowest BCUT2D eigenvalue weighted by molar-refractivity contribution is 0.299. The minimum atomic E-state index is -0.675. The number of furan rings is 1. The molecule has 2 N–H and O–H groups in total. The van der Waals surface area contributed by atoms with Gasteiger partial charge in [0.15, 0.2) is 0 Å². The molecule has 17 heavy (non-hydrogen) atoms. The van der Waals surface area contributed by atoms with E-state index in [-0.39, 0.29) is 18.9 Å². The Hall–Kier alpha value is -1.88. The molecule has 0 fully saturated rings. The van der Waals surface area contributed by atoms with Crippen molar-refractivity contribution in [1.29, 1.82) is 0 Å². The lowest BCUT2D eigenvalue weighted by Gasteiger charge is -2.06. The Labute approximate surface area is 96.8 Å². The van der Waals surface area contributed by atoms with E-state index >= 15 is 0 Å². The summed E-state index contributed by atoms with van der Waals surface area (Å²) in [5, 5.41) is 0. The van der Waals surface area contributed by atoms with Gasteiger partial charge in [-0.1, -0.05) is 0 Å². The van der Waals surface area contributed by atoms with Gasteiger partial charge in [-0.3, -0.25) is 0 Å². The molecule has 1 aromatic heterocycles. The lowest BCUT2D eigenvalue weighted by Crippen LogP contribution is -2.02. The maximum Gasteiger partial charge on any atom is 0.129 e. The number of hydrogen-bond acceptors (Lipinski definition) is 3. The van der Waals surface area contributed by atoms with Gasteiger partial charge in [0.2, 0.25) is 0 Å². The average molecular weight is 239 g/mol. The first-order chi connectivity index (χ1) is 8.19. The predicted octanol–water partition coefficient (Wildman–Crippen LogP) is 2.60. The van der Waals surface area contributed by atoms with Crippen LogP contribution < -0.4 is 10.5 Å². The van der Waals surface area contributed by atoms with E-state index in [0.717, 1.165) is 23.8 Å². The van der Waals surface area contributed by atoms with Gasteiger partial charge in [0.1, 0.15) is 29.8 Å². The molecule has 0 aliphatic heterocycles. The number of rotatable bonds is 4. The van der Waals surface area contributed by atoms with Gasteiger partial charge in [0.05, 0.1) is 12.8 Å². The van der Waals surface area contributed by atoms with Crippen molar-refractivity contribution < 1.29 is 17.9 Å². The van der Waals surface area contributed by atoms with Gasteiger partial charge in [0, 0.05) is 23.8 Å². The normalized spacial score (nSPS) is 10.5. The first-order valence-corrected chi connectivity index (χ1v) is 5.03. The summed E-state index contributed by atoms with van der Waals surface area (Å²) in [5.41, 5.74) is 6.20. The molecule has 0 bridgehead atoms. The summed E-state index contributed by atoms with van der Waals surface area (Å²) in [6.07, 6.45) is 1.49. The highest BCUT2D eigenvalue weighted by atomic mass is 19.1. The molecule has 1 aromatic carbocycles. The summed E-state index contributed by atoms with van der Waals surface area (Å²) >= 11 is 0. The molecule has 0 atom stereocenters. The van der Waals surface area contributed by atoms with Crippen LogP contribution in [0, 0.1) is 11.6 Å². The van der Waals surface area contributed by atoms with Crippen LogP contribution in [0.1, 0.15) is 11.3 Å². The van der Waals surface area contributed by atoms with Gasteiger partial charge >= 0.3 is 0 Å². The van der Waals surface area contributed by atoms with E-state index < -0.39 is 11.6 Å². The molecule has 0 spiro atoms.